The van der Waals surface area contributed by atoms with Gasteiger partial charge in [-0.25, -0.2) is 0 Å². The Balaban J connectivity index is 2.12. The van der Waals surface area contributed by atoms with Crippen molar-refractivity contribution in [1.82, 2.24) is 5.32 Å². The lowest BCUT2D eigenvalue weighted by Gasteiger charge is -2.34. The van der Waals surface area contributed by atoms with Crippen molar-refractivity contribution in [1.29, 1.82) is 0 Å². The summed E-state index contributed by atoms with van der Waals surface area (Å²) in [6.45, 7) is 10.8. The topological polar surface area (TPSA) is 67.9 Å². The minimum atomic E-state index is -0.372. The third-order valence-corrected chi connectivity index (χ3v) is 4.61. The highest BCUT2D eigenvalue weighted by atomic mass is 16.5. The van der Waals surface area contributed by atoms with Crippen LogP contribution in [-0.2, 0) is 9.59 Å². The molecule has 1 aliphatic rings. The summed E-state index contributed by atoms with van der Waals surface area (Å²) in [5, 5.41) is 3.13. The van der Waals surface area contributed by atoms with E-state index in [1.165, 1.54) is 0 Å². The van der Waals surface area contributed by atoms with Crippen molar-refractivity contribution in [3.63, 3.8) is 0 Å². The lowest BCUT2D eigenvalue weighted by Crippen LogP contribution is -2.48. The van der Waals surface area contributed by atoms with Crippen molar-refractivity contribution in [2.45, 2.75) is 53.0 Å². The molecule has 0 saturated carbocycles. The summed E-state index contributed by atoms with van der Waals surface area (Å²) in [6, 6.07) is 5.31. The number of carbonyl (C=O) groups is 2. The second kappa shape index (κ2) is 7.79. The number of ether oxygens (including phenoxy) is 2. The molecule has 1 aromatic carbocycles. The predicted molar refractivity (Wildman–Crippen MR) is 106 cm³/mol. The van der Waals surface area contributed by atoms with Crippen LogP contribution in [-0.4, -0.2) is 38.1 Å². The second-order valence-electron chi connectivity index (χ2n) is 9.05. The lowest BCUT2D eigenvalue weighted by molar-refractivity contribution is -0.128. The van der Waals surface area contributed by atoms with Crippen molar-refractivity contribution in [2.75, 3.05) is 25.7 Å². The van der Waals surface area contributed by atoms with Crippen molar-refractivity contribution < 1.29 is 19.1 Å². The minimum Gasteiger partial charge on any atom is -0.497 e. The van der Waals surface area contributed by atoms with Gasteiger partial charge in [-0.05, 0) is 37.8 Å². The Labute approximate surface area is 162 Å². The first-order valence-electron chi connectivity index (χ1n) is 9.30. The average Bonchev–Trinajstić information content (AvgIpc) is 2.93. The fraction of sp³-hybridized carbons (Fsp3) is 0.619. The molecule has 1 fully saturated rings. The molecule has 0 aromatic heterocycles. The molecular weight excluding hydrogens is 344 g/mol. The van der Waals surface area contributed by atoms with E-state index in [0.717, 1.165) is 6.42 Å². The van der Waals surface area contributed by atoms with Gasteiger partial charge in [0.15, 0.2) is 0 Å². The molecular formula is C21H32N2O4. The van der Waals surface area contributed by atoms with Gasteiger partial charge in [0.25, 0.3) is 0 Å². The number of rotatable bonds is 6. The highest BCUT2D eigenvalue weighted by Gasteiger charge is 2.38. The Bertz CT molecular complexity index is 707. The van der Waals surface area contributed by atoms with Gasteiger partial charge in [-0.3, -0.25) is 9.59 Å². The van der Waals surface area contributed by atoms with Gasteiger partial charge in [0.2, 0.25) is 11.8 Å². The molecule has 0 unspecified atom stereocenters. The Morgan fingerprint density at radius 2 is 1.85 bits per heavy atom. The van der Waals surface area contributed by atoms with Crippen molar-refractivity contribution in [3.05, 3.63) is 18.2 Å². The highest BCUT2D eigenvalue weighted by Crippen LogP contribution is 2.36. The van der Waals surface area contributed by atoms with E-state index < -0.39 is 0 Å². The summed E-state index contributed by atoms with van der Waals surface area (Å²) in [4.78, 5) is 27.0. The SMILES string of the molecule is COc1ccc(N2C[C@H](C(=O)NC(C)(C)CC(C)(C)C)CC2=O)c(OC)c1. The first-order valence-corrected chi connectivity index (χ1v) is 9.30. The largest absolute Gasteiger partial charge is 0.497 e. The van der Waals surface area contributed by atoms with E-state index in [0.29, 0.717) is 23.7 Å². The molecule has 6 nitrogen and oxygen atoms in total. The Hall–Kier alpha value is -2.24. The third-order valence-electron chi connectivity index (χ3n) is 4.61. The van der Waals surface area contributed by atoms with Gasteiger partial charge >= 0.3 is 0 Å². The van der Waals surface area contributed by atoms with Gasteiger partial charge in [0.05, 0.1) is 25.8 Å². The number of hydrogen-bond acceptors (Lipinski definition) is 4. The van der Waals surface area contributed by atoms with E-state index in [9.17, 15) is 9.59 Å². The quantitative estimate of drug-likeness (QED) is 0.826. The maximum absolute atomic E-state index is 12.8. The second-order valence-corrected chi connectivity index (χ2v) is 9.05. The van der Waals surface area contributed by atoms with Gasteiger partial charge < -0.3 is 19.7 Å². The summed E-state index contributed by atoms with van der Waals surface area (Å²) >= 11 is 0. The molecule has 6 heteroatoms. The van der Waals surface area contributed by atoms with Gasteiger partial charge in [-0.1, -0.05) is 20.8 Å². The van der Waals surface area contributed by atoms with Crippen LogP contribution in [0.4, 0.5) is 5.69 Å². The number of nitrogens with zero attached hydrogens (tertiary/aromatic N) is 1. The van der Waals surface area contributed by atoms with E-state index in [4.69, 9.17) is 9.47 Å². The molecule has 1 aromatic rings. The molecule has 0 bridgehead atoms. The van der Waals surface area contributed by atoms with Crippen LogP contribution in [0.5, 0.6) is 11.5 Å². The number of benzene rings is 1. The fourth-order valence-electron chi connectivity index (χ4n) is 3.93. The zero-order valence-electron chi connectivity index (χ0n) is 17.5. The summed E-state index contributed by atoms with van der Waals surface area (Å²) < 4.78 is 10.6. The average molecular weight is 376 g/mol. The summed E-state index contributed by atoms with van der Waals surface area (Å²) in [6.07, 6.45) is 1.05. The van der Waals surface area contributed by atoms with Gasteiger partial charge in [-0.2, -0.15) is 0 Å². The third kappa shape index (κ3) is 5.37. The Morgan fingerprint density at radius 3 is 2.41 bits per heavy atom. The predicted octanol–water partition coefficient (Wildman–Crippen LogP) is 3.39. The van der Waals surface area contributed by atoms with Crippen molar-refractivity contribution >= 4 is 17.5 Å². The normalized spacial score (nSPS) is 17.8. The molecule has 27 heavy (non-hydrogen) atoms. The van der Waals surface area contributed by atoms with E-state index in [2.05, 4.69) is 26.1 Å². The summed E-state index contributed by atoms with van der Waals surface area (Å²) in [7, 11) is 3.13. The summed E-state index contributed by atoms with van der Waals surface area (Å²) in [5.74, 6) is 0.681. The number of methoxy groups -OCH3 is 2. The summed E-state index contributed by atoms with van der Waals surface area (Å²) in [5.41, 5.74) is 0.432. The lowest BCUT2D eigenvalue weighted by atomic mass is 9.81. The van der Waals surface area contributed by atoms with Gasteiger partial charge in [0.1, 0.15) is 11.5 Å². The number of carbonyl (C=O) groups excluding carboxylic acids is 2. The molecule has 1 atom stereocenters. The van der Waals surface area contributed by atoms with Crippen LogP contribution in [0.15, 0.2) is 18.2 Å². The van der Waals surface area contributed by atoms with Crippen LogP contribution < -0.4 is 19.7 Å². The molecule has 0 radical (unpaired) electrons. The number of hydrogen-bond donors (Lipinski definition) is 1. The maximum atomic E-state index is 12.8. The van der Waals surface area contributed by atoms with Crippen LogP contribution in [0.2, 0.25) is 0 Å². The molecule has 150 valence electrons. The molecule has 0 spiro atoms. The van der Waals surface area contributed by atoms with Crippen molar-refractivity contribution in [2.24, 2.45) is 11.3 Å². The zero-order valence-corrected chi connectivity index (χ0v) is 17.5. The zero-order chi connectivity index (χ0) is 20.4. The Morgan fingerprint density at radius 1 is 1.19 bits per heavy atom. The smallest absolute Gasteiger partial charge is 0.227 e. The van der Waals surface area contributed by atoms with Gasteiger partial charge in [0, 0.05) is 24.6 Å². The highest BCUT2D eigenvalue weighted by molar-refractivity contribution is 6.01. The molecule has 1 aliphatic heterocycles. The fourth-order valence-corrected chi connectivity index (χ4v) is 3.93. The van der Waals surface area contributed by atoms with Crippen LogP contribution in [0.1, 0.15) is 47.5 Å². The molecule has 1 heterocycles. The van der Waals surface area contributed by atoms with Crippen molar-refractivity contribution in [3.8, 4) is 11.5 Å². The van der Waals surface area contributed by atoms with Crippen LogP contribution in [0.25, 0.3) is 0 Å². The Kier molecular flexibility index (Phi) is 6.07. The number of amides is 2. The van der Waals surface area contributed by atoms with E-state index in [1.807, 2.05) is 13.8 Å². The molecule has 1 saturated heterocycles. The molecule has 2 rings (SSSR count). The van der Waals surface area contributed by atoms with E-state index >= 15 is 0 Å². The molecule has 1 N–H and O–H groups in total. The first-order chi connectivity index (χ1) is 12.5. The van der Waals surface area contributed by atoms with Crippen LogP contribution in [0.3, 0.4) is 0 Å². The molecule has 2 amide bonds. The maximum Gasteiger partial charge on any atom is 0.227 e. The van der Waals surface area contributed by atoms with E-state index in [-0.39, 0.29) is 35.1 Å². The molecule has 0 aliphatic carbocycles. The van der Waals surface area contributed by atoms with Crippen LogP contribution in [0, 0.1) is 11.3 Å². The first kappa shape index (κ1) is 21.1. The van der Waals surface area contributed by atoms with Gasteiger partial charge in [-0.15, -0.1) is 0 Å². The monoisotopic (exact) mass is 376 g/mol. The van der Waals surface area contributed by atoms with Crippen LogP contribution >= 0.6 is 0 Å². The number of nitrogens with one attached hydrogen (secondary N) is 1. The number of anilines is 1. The van der Waals surface area contributed by atoms with E-state index in [1.54, 1.807) is 37.3 Å². The standard InChI is InChI=1S/C21H32N2O4/c1-20(2,3)13-21(4,5)22-19(25)14-10-18(24)23(12-14)16-9-8-15(26-6)11-17(16)27-7/h8-9,11,14H,10,12-13H2,1-7H3,(H,22,25)/t14-/m1/s1. The minimum absolute atomic E-state index is 0.0763.